The van der Waals surface area contributed by atoms with Crippen molar-refractivity contribution in [3.05, 3.63) is 59.4 Å². The van der Waals surface area contributed by atoms with Gasteiger partial charge in [0.05, 0.1) is 5.56 Å². The monoisotopic (exact) mass is 433 g/mol. The molecule has 0 spiro atoms. The molecule has 0 aromatic heterocycles. The summed E-state index contributed by atoms with van der Waals surface area (Å²) in [7, 11) is 0. The molecule has 2 saturated carbocycles. The fraction of sp³-hybridized carbons (Fsp3) is 0.577. The lowest BCUT2D eigenvalue weighted by atomic mass is 9.77. The Morgan fingerprint density at radius 1 is 0.903 bits per heavy atom. The fourth-order valence-electron chi connectivity index (χ4n) is 5.06. The topological polar surface area (TPSA) is 23.8 Å². The predicted octanol–water partition coefficient (Wildman–Crippen LogP) is 8.50. The number of nitriles is 1. The number of hydrogen-bond acceptors (Lipinski definition) is 1. The quantitative estimate of drug-likeness (QED) is 0.251. The highest BCUT2D eigenvalue weighted by Crippen LogP contribution is 2.39. The van der Waals surface area contributed by atoms with E-state index in [1.807, 2.05) is 0 Å². The summed E-state index contributed by atoms with van der Waals surface area (Å²) in [6, 6.07) is 7.22. The Kier molecular flexibility index (Phi) is 8.35. The molecule has 0 atom stereocenters. The van der Waals surface area contributed by atoms with Gasteiger partial charge in [-0.3, -0.25) is 0 Å². The minimum atomic E-state index is -4.27. The van der Waals surface area contributed by atoms with E-state index in [0.717, 1.165) is 50.5 Å². The molecule has 31 heavy (non-hydrogen) atoms. The van der Waals surface area contributed by atoms with Crippen LogP contribution in [0.15, 0.2) is 48.3 Å². The van der Waals surface area contributed by atoms with Gasteiger partial charge in [-0.05, 0) is 112 Å². The molecular formula is C26H31F4N. The average Bonchev–Trinajstić information content (AvgIpc) is 2.78. The lowest BCUT2D eigenvalue weighted by Gasteiger charge is -2.29. The number of nitrogens with zero attached hydrogens (tertiary/aromatic N) is 1. The molecule has 0 amide bonds. The average molecular weight is 434 g/mol. The molecule has 0 N–H and O–H groups in total. The second-order valence-electron chi connectivity index (χ2n) is 9.14. The van der Waals surface area contributed by atoms with Crippen LogP contribution in [0.4, 0.5) is 17.6 Å². The van der Waals surface area contributed by atoms with Crippen molar-refractivity contribution in [1.29, 1.82) is 5.26 Å². The minimum absolute atomic E-state index is 0.363. The lowest BCUT2D eigenvalue weighted by Crippen LogP contribution is -2.14. The van der Waals surface area contributed by atoms with Gasteiger partial charge >= 0.3 is 6.18 Å². The summed E-state index contributed by atoms with van der Waals surface area (Å²) >= 11 is 0. The Labute approximate surface area is 182 Å². The number of alkyl halides is 3. The van der Waals surface area contributed by atoms with Crippen LogP contribution in [0.2, 0.25) is 0 Å². The highest BCUT2D eigenvalue weighted by molar-refractivity contribution is 5.27. The van der Waals surface area contributed by atoms with Gasteiger partial charge in [0.15, 0.2) is 5.83 Å². The van der Waals surface area contributed by atoms with Gasteiger partial charge in [-0.1, -0.05) is 24.3 Å². The van der Waals surface area contributed by atoms with Crippen molar-refractivity contribution in [3.63, 3.8) is 0 Å². The van der Waals surface area contributed by atoms with Gasteiger partial charge in [0.1, 0.15) is 6.07 Å². The molecular weight excluding hydrogens is 402 g/mol. The van der Waals surface area contributed by atoms with E-state index in [0.29, 0.717) is 30.1 Å². The van der Waals surface area contributed by atoms with Crippen LogP contribution in [-0.4, -0.2) is 0 Å². The van der Waals surface area contributed by atoms with Crippen molar-refractivity contribution in [3.8, 4) is 6.07 Å². The van der Waals surface area contributed by atoms with Crippen molar-refractivity contribution in [2.45, 2.75) is 76.3 Å². The van der Waals surface area contributed by atoms with Gasteiger partial charge in [-0.2, -0.15) is 22.8 Å². The lowest BCUT2D eigenvalue weighted by molar-refractivity contribution is -0.137. The van der Waals surface area contributed by atoms with Gasteiger partial charge in [0, 0.05) is 0 Å². The van der Waals surface area contributed by atoms with Gasteiger partial charge < -0.3 is 0 Å². The third kappa shape index (κ3) is 7.23. The SMILES string of the molecule is N#CC(F)=CCC[C@H]1CC[C@H](/C=C/[C@H]2CC[C@H](c3ccc(C(F)(F)F)cc3)CC2)CC1. The standard InChI is InChI=1S/C26H31F4N/c27-25(18-31)3-1-2-19-4-6-20(7-5-19)8-9-21-10-12-22(13-11-21)23-14-16-24(17-15-23)26(28,29)30/h3,8-9,14-17,19-22H,1-2,4-7,10-13H2/b9-8+,25-3?/t19-,20-,21-,22-. The first kappa shape index (κ1) is 23.6. The molecule has 0 heterocycles. The number of allylic oxidation sites excluding steroid dienone is 4. The number of rotatable bonds is 6. The van der Waals surface area contributed by atoms with E-state index in [9.17, 15) is 17.6 Å². The van der Waals surface area contributed by atoms with Gasteiger partial charge in [-0.15, -0.1) is 0 Å². The van der Waals surface area contributed by atoms with Gasteiger partial charge in [0.25, 0.3) is 0 Å². The van der Waals surface area contributed by atoms with Crippen LogP contribution in [-0.2, 0) is 6.18 Å². The Morgan fingerprint density at radius 2 is 1.45 bits per heavy atom. The highest BCUT2D eigenvalue weighted by Gasteiger charge is 2.30. The van der Waals surface area contributed by atoms with Crippen LogP contribution < -0.4 is 0 Å². The maximum atomic E-state index is 12.9. The zero-order valence-corrected chi connectivity index (χ0v) is 17.9. The zero-order chi connectivity index (χ0) is 22.3. The maximum Gasteiger partial charge on any atom is 0.416 e. The molecule has 1 aromatic rings. The summed E-state index contributed by atoms with van der Waals surface area (Å²) < 4.78 is 51.1. The van der Waals surface area contributed by atoms with Crippen molar-refractivity contribution >= 4 is 0 Å². The van der Waals surface area contributed by atoms with E-state index >= 15 is 0 Å². The van der Waals surface area contributed by atoms with E-state index in [1.165, 1.54) is 37.1 Å². The number of benzene rings is 1. The van der Waals surface area contributed by atoms with Crippen molar-refractivity contribution in [2.75, 3.05) is 0 Å². The molecule has 2 fully saturated rings. The molecule has 0 unspecified atom stereocenters. The zero-order valence-electron chi connectivity index (χ0n) is 17.9. The minimum Gasteiger partial charge on any atom is -0.195 e. The molecule has 2 aliphatic rings. The Hall–Kier alpha value is -2.09. The first-order valence-corrected chi connectivity index (χ1v) is 11.5. The highest BCUT2D eigenvalue weighted by atomic mass is 19.4. The van der Waals surface area contributed by atoms with Crippen LogP contribution in [0.1, 0.15) is 81.3 Å². The molecule has 0 radical (unpaired) electrons. The molecule has 3 rings (SSSR count). The first-order valence-electron chi connectivity index (χ1n) is 11.5. The van der Waals surface area contributed by atoms with Gasteiger partial charge in [0.2, 0.25) is 0 Å². The van der Waals surface area contributed by atoms with E-state index in [-0.39, 0.29) is 0 Å². The smallest absolute Gasteiger partial charge is 0.195 e. The fourth-order valence-corrected chi connectivity index (χ4v) is 5.06. The molecule has 0 aliphatic heterocycles. The van der Waals surface area contributed by atoms with E-state index < -0.39 is 17.6 Å². The molecule has 2 aliphatic carbocycles. The largest absolute Gasteiger partial charge is 0.416 e. The summed E-state index contributed by atoms with van der Waals surface area (Å²) in [5.74, 6) is 1.51. The second-order valence-corrected chi connectivity index (χ2v) is 9.14. The van der Waals surface area contributed by atoms with Crippen LogP contribution in [0.25, 0.3) is 0 Å². The Morgan fingerprint density at radius 3 is 1.97 bits per heavy atom. The molecule has 1 aromatic carbocycles. The number of hydrogen-bond donors (Lipinski definition) is 0. The Balaban J connectivity index is 1.38. The maximum absolute atomic E-state index is 12.9. The van der Waals surface area contributed by atoms with E-state index in [2.05, 4.69) is 12.2 Å². The normalized spacial score (nSPS) is 27.9. The third-order valence-electron chi connectivity index (χ3n) is 7.03. The summed E-state index contributed by atoms with van der Waals surface area (Å²) in [5.41, 5.74) is 0.451. The molecule has 0 saturated heterocycles. The summed E-state index contributed by atoms with van der Waals surface area (Å²) in [6.07, 6.45) is 12.4. The predicted molar refractivity (Wildman–Crippen MR) is 115 cm³/mol. The molecule has 0 bridgehead atoms. The van der Waals surface area contributed by atoms with E-state index in [4.69, 9.17) is 5.26 Å². The van der Waals surface area contributed by atoms with Crippen molar-refractivity contribution in [1.82, 2.24) is 0 Å². The van der Waals surface area contributed by atoms with Crippen LogP contribution >= 0.6 is 0 Å². The molecule has 168 valence electrons. The van der Waals surface area contributed by atoms with Crippen LogP contribution in [0, 0.1) is 29.1 Å². The van der Waals surface area contributed by atoms with Crippen molar-refractivity contribution < 1.29 is 17.6 Å². The van der Waals surface area contributed by atoms with Crippen LogP contribution in [0.3, 0.4) is 0 Å². The summed E-state index contributed by atoms with van der Waals surface area (Å²) in [6.45, 7) is 0. The van der Waals surface area contributed by atoms with Crippen molar-refractivity contribution in [2.24, 2.45) is 17.8 Å². The number of halogens is 4. The van der Waals surface area contributed by atoms with Gasteiger partial charge in [-0.25, -0.2) is 0 Å². The summed E-state index contributed by atoms with van der Waals surface area (Å²) in [4.78, 5) is 0. The van der Waals surface area contributed by atoms with Crippen LogP contribution in [0.5, 0.6) is 0 Å². The Bertz CT molecular complexity index is 784. The molecule has 5 heteroatoms. The summed E-state index contributed by atoms with van der Waals surface area (Å²) in [5, 5.41) is 8.44. The second kappa shape index (κ2) is 11.0. The van der Waals surface area contributed by atoms with E-state index in [1.54, 1.807) is 12.1 Å². The first-order chi connectivity index (χ1) is 14.8. The molecule has 1 nitrogen and oxygen atoms in total. The third-order valence-corrected chi connectivity index (χ3v) is 7.03.